The van der Waals surface area contributed by atoms with E-state index in [1.54, 1.807) is 18.6 Å². The first kappa shape index (κ1) is 18.5. The second kappa shape index (κ2) is 7.29. The lowest BCUT2D eigenvalue weighted by atomic mass is 9.86. The number of hydrogen-bond donors (Lipinski definition) is 1. The topological polar surface area (TPSA) is 77.6 Å². The summed E-state index contributed by atoms with van der Waals surface area (Å²) in [6.45, 7) is 2.23. The number of nitrogens with one attached hydrogen (secondary N) is 1. The molecule has 0 spiro atoms. The Morgan fingerprint density at radius 2 is 2.25 bits per heavy atom. The third-order valence-electron chi connectivity index (χ3n) is 4.97. The van der Waals surface area contributed by atoms with E-state index in [-0.39, 0.29) is 31.1 Å². The van der Waals surface area contributed by atoms with Crippen molar-refractivity contribution in [2.24, 2.45) is 5.92 Å². The van der Waals surface area contributed by atoms with Crippen LogP contribution in [0.15, 0.2) is 30.9 Å². The number of Topliss-reactive ketones (excluding diaryl/α,β-unsaturated/α-hetero) is 1. The molecule has 1 saturated carbocycles. The zero-order valence-corrected chi connectivity index (χ0v) is 15.6. The number of nitrogens with zero attached hydrogens (tertiary/aromatic N) is 5. The van der Waals surface area contributed by atoms with Gasteiger partial charge in [0.15, 0.2) is 5.78 Å². The SMILES string of the molecule is CC(=O)Cn1cc(Nc2ncc3ccn(CC4CCCC(F)(F)C4)c3n2)cn1. The second-order valence-electron chi connectivity index (χ2n) is 7.51. The van der Waals surface area contributed by atoms with Crippen LogP contribution in [0.3, 0.4) is 0 Å². The van der Waals surface area contributed by atoms with Gasteiger partial charge < -0.3 is 9.88 Å². The number of aromatic nitrogens is 5. The van der Waals surface area contributed by atoms with E-state index in [0.717, 1.165) is 11.8 Å². The van der Waals surface area contributed by atoms with Crippen molar-refractivity contribution in [3.05, 3.63) is 30.9 Å². The normalized spacial score (nSPS) is 19.0. The molecule has 7 nitrogen and oxygen atoms in total. The Bertz CT molecular complexity index is 995. The quantitative estimate of drug-likeness (QED) is 0.695. The Morgan fingerprint density at radius 3 is 3.04 bits per heavy atom. The first-order chi connectivity index (χ1) is 13.4. The zero-order valence-electron chi connectivity index (χ0n) is 15.6. The summed E-state index contributed by atoms with van der Waals surface area (Å²) < 4.78 is 30.9. The van der Waals surface area contributed by atoms with Gasteiger partial charge in [0, 0.05) is 43.4 Å². The molecule has 28 heavy (non-hydrogen) atoms. The molecule has 1 atom stereocenters. The molecule has 4 rings (SSSR count). The molecule has 9 heteroatoms. The van der Waals surface area contributed by atoms with Gasteiger partial charge in [0.05, 0.1) is 18.4 Å². The van der Waals surface area contributed by atoms with Crippen molar-refractivity contribution >= 4 is 28.5 Å². The van der Waals surface area contributed by atoms with Crippen molar-refractivity contribution in [1.82, 2.24) is 24.3 Å². The summed E-state index contributed by atoms with van der Waals surface area (Å²) in [6.07, 6.45) is 8.17. The number of alkyl halides is 2. The Morgan fingerprint density at radius 1 is 1.39 bits per heavy atom. The highest BCUT2D eigenvalue weighted by atomic mass is 19.3. The fraction of sp³-hybridized carbons (Fsp3) is 0.474. The minimum atomic E-state index is -2.56. The molecule has 1 fully saturated rings. The number of hydrogen-bond acceptors (Lipinski definition) is 5. The van der Waals surface area contributed by atoms with E-state index >= 15 is 0 Å². The van der Waals surface area contributed by atoms with E-state index in [1.807, 2.05) is 16.8 Å². The van der Waals surface area contributed by atoms with Gasteiger partial charge in [-0.05, 0) is 31.7 Å². The van der Waals surface area contributed by atoms with Crippen LogP contribution in [0.25, 0.3) is 11.0 Å². The van der Waals surface area contributed by atoms with Crippen molar-refractivity contribution < 1.29 is 13.6 Å². The summed E-state index contributed by atoms with van der Waals surface area (Å²) in [7, 11) is 0. The van der Waals surface area contributed by atoms with Crippen molar-refractivity contribution in [2.45, 2.75) is 51.6 Å². The van der Waals surface area contributed by atoms with E-state index in [4.69, 9.17) is 0 Å². The van der Waals surface area contributed by atoms with Crippen molar-refractivity contribution in [2.75, 3.05) is 5.32 Å². The second-order valence-corrected chi connectivity index (χ2v) is 7.51. The van der Waals surface area contributed by atoms with Gasteiger partial charge in [-0.15, -0.1) is 0 Å². The fourth-order valence-electron chi connectivity index (χ4n) is 3.76. The van der Waals surface area contributed by atoms with E-state index in [0.29, 0.717) is 30.2 Å². The van der Waals surface area contributed by atoms with Gasteiger partial charge in [-0.1, -0.05) is 0 Å². The maximum atomic E-state index is 13.7. The van der Waals surface area contributed by atoms with Gasteiger partial charge in [0.2, 0.25) is 11.9 Å². The number of anilines is 2. The summed E-state index contributed by atoms with van der Waals surface area (Å²) in [4.78, 5) is 20.0. The van der Waals surface area contributed by atoms with Crippen LogP contribution < -0.4 is 5.32 Å². The van der Waals surface area contributed by atoms with Crippen LogP contribution in [-0.2, 0) is 17.9 Å². The molecule has 1 aliphatic carbocycles. The van der Waals surface area contributed by atoms with Crippen molar-refractivity contribution in [1.29, 1.82) is 0 Å². The summed E-state index contributed by atoms with van der Waals surface area (Å²) in [5.41, 5.74) is 1.38. The van der Waals surface area contributed by atoms with Crippen LogP contribution in [0, 0.1) is 5.92 Å². The van der Waals surface area contributed by atoms with Crippen LogP contribution in [0.1, 0.15) is 32.6 Å². The summed E-state index contributed by atoms with van der Waals surface area (Å²) >= 11 is 0. The highest BCUT2D eigenvalue weighted by Crippen LogP contribution is 2.37. The minimum Gasteiger partial charge on any atom is -0.332 e. The molecule has 0 saturated heterocycles. The number of rotatable bonds is 6. The van der Waals surface area contributed by atoms with Crippen molar-refractivity contribution in [3.8, 4) is 0 Å². The molecule has 3 aromatic heterocycles. The predicted octanol–water partition coefficient (Wildman–Crippen LogP) is 3.79. The van der Waals surface area contributed by atoms with E-state index in [9.17, 15) is 13.6 Å². The Labute approximate surface area is 160 Å². The molecule has 1 N–H and O–H groups in total. The number of carbonyl (C=O) groups excluding carboxylic acids is 1. The van der Waals surface area contributed by atoms with Crippen LogP contribution in [0.2, 0.25) is 0 Å². The summed E-state index contributed by atoms with van der Waals surface area (Å²) in [5.74, 6) is -2.22. The Kier molecular flexibility index (Phi) is 4.82. The Hall–Kier alpha value is -2.84. The molecule has 0 aromatic carbocycles. The first-order valence-corrected chi connectivity index (χ1v) is 9.37. The van der Waals surface area contributed by atoms with Gasteiger partial charge in [-0.2, -0.15) is 10.1 Å². The monoisotopic (exact) mass is 388 g/mol. The standard InChI is InChI=1S/C19H22F2N6O/c1-13(28)10-27-12-16(9-23-27)24-18-22-8-15-4-6-26(17(15)25-18)11-14-3-2-5-19(20,21)7-14/h4,6,8-9,12,14H,2-3,5,7,10-11H2,1H3,(H,22,24,25). The molecule has 1 aliphatic rings. The highest BCUT2D eigenvalue weighted by Gasteiger charge is 2.36. The minimum absolute atomic E-state index is 0.0104. The van der Waals surface area contributed by atoms with Crippen LogP contribution in [0.5, 0.6) is 0 Å². The lowest BCUT2D eigenvalue weighted by molar-refractivity contribution is -0.117. The average molecular weight is 388 g/mol. The molecule has 0 aliphatic heterocycles. The van der Waals surface area contributed by atoms with E-state index in [1.165, 1.54) is 11.6 Å². The lowest BCUT2D eigenvalue weighted by Crippen LogP contribution is -2.28. The summed E-state index contributed by atoms with van der Waals surface area (Å²) in [6, 6.07) is 1.89. The largest absolute Gasteiger partial charge is 0.332 e. The van der Waals surface area contributed by atoms with Gasteiger partial charge >= 0.3 is 0 Å². The smallest absolute Gasteiger partial charge is 0.248 e. The van der Waals surface area contributed by atoms with Gasteiger partial charge in [-0.3, -0.25) is 9.48 Å². The first-order valence-electron chi connectivity index (χ1n) is 9.37. The molecule has 3 heterocycles. The molecule has 1 unspecified atom stereocenters. The molecular formula is C19H22F2N6O. The number of ketones is 1. The number of carbonyl (C=O) groups is 1. The van der Waals surface area contributed by atoms with Crippen LogP contribution in [-0.4, -0.2) is 36.0 Å². The molecule has 0 amide bonds. The third-order valence-corrected chi connectivity index (χ3v) is 4.97. The van der Waals surface area contributed by atoms with Crippen molar-refractivity contribution in [3.63, 3.8) is 0 Å². The molecule has 0 bridgehead atoms. The average Bonchev–Trinajstić information content (AvgIpc) is 3.21. The maximum Gasteiger partial charge on any atom is 0.248 e. The number of halogens is 2. The maximum absolute atomic E-state index is 13.7. The zero-order chi connectivity index (χ0) is 19.7. The van der Waals surface area contributed by atoms with E-state index < -0.39 is 5.92 Å². The van der Waals surface area contributed by atoms with E-state index in [2.05, 4.69) is 20.4 Å². The predicted molar refractivity (Wildman–Crippen MR) is 101 cm³/mol. The number of fused-ring (bicyclic) bond motifs is 1. The molecule has 148 valence electrons. The van der Waals surface area contributed by atoms with Crippen LogP contribution in [0.4, 0.5) is 20.4 Å². The highest BCUT2D eigenvalue weighted by molar-refractivity contribution is 5.77. The third kappa shape index (κ3) is 4.18. The lowest BCUT2D eigenvalue weighted by Gasteiger charge is -2.29. The Balaban J connectivity index is 1.51. The molecule has 0 radical (unpaired) electrons. The fourth-order valence-corrected chi connectivity index (χ4v) is 3.76. The van der Waals surface area contributed by atoms with Gasteiger partial charge in [-0.25, -0.2) is 13.8 Å². The van der Waals surface area contributed by atoms with Crippen LogP contribution >= 0.6 is 0 Å². The molecule has 3 aromatic rings. The van der Waals surface area contributed by atoms with Gasteiger partial charge in [0.1, 0.15) is 5.65 Å². The van der Waals surface area contributed by atoms with Gasteiger partial charge in [0.25, 0.3) is 0 Å². The molecular weight excluding hydrogens is 366 g/mol. The summed E-state index contributed by atoms with van der Waals surface area (Å²) in [5, 5.41) is 8.05.